The van der Waals surface area contributed by atoms with E-state index in [4.69, 9.17) is 4.74 Å². The van der Waals surface area contributed by atoms with Crippen molar-refractivity contribution in [3.63, 3.8) is 0 Å². The van der Waals surface area contributed by atoms with Crippen LogP contribution in [0.25, 0.3) is 0 Å². The van der Waals surface area contributed by atoms with Gasteiger partial charge in [0, 0.05) is 7.11 Å². The van der Waals surface area contributed by atoms with Crippen LogP contribution in [0, 0.1) is 40.4 Å². The molecule has 3 heteroatoms. The van der Waals surface area contributed by atoms with Crippen molar-refractivity contribution in [2.24, 2.45) is 40.4 Å². The molecule has 3 nitrogen and oxygen atoms in total. The number of hydrogen-bond acceptors (Lipinski definition) is 3. The van der Waals surface area contributed by atoms with Gasteiger partial charge < -0.3 is 14.9 Å². The maximum Gasteiger partial charge on any atom is 0.0917 e. The first-order chi connectivity index (χ1) is 14.4. The number of ether oxygens (including phenoxy) is 1. The minimum atomic E-state index is -0.662. The van der Waals surface area contributed by atoms with Gasteiger partial charge in [0.15, 0.2) is 0 Å². The van der Waals surface area contributed by atoms with Gasteiger partial charge in [0.2, 0.25) is 0 Å². The van der Waals surface area contributed by atoms with Gasteiger partial charge in [-0.15, -0.1) is 0 Å². The fraction of sp³-hybridized carbons (Fsp3) is 0.929. The van der Waals surface area contributed by atoms with Crippen LogP contribution in [-0.4, -0.2) is 35.1 Å². The molecule has 3 fully saturated rings. The van der Waals surface area contributed by atoms with Gasteiger partial charge in [-0.05, 0) is 118 Å². The van der Waals surface area contributed by atoms with Gasteiger partial charge in [-0.3, -0.25) is 0 Å². The highest BCUT2D eigenvalue weighted by Gasteiger charge is 2.59. The lowest BCUT2D eigenvalue weighted by molar-refractivity contribution is -0.0934. The Bertz CT molecular complexity index is 693. The normalized spacial score (nSPS) is 46.0. The minimum absolute atomic E-state index is 0.273. The number of methoxy groups -OCH3 is 1. The number of hydrogen-bond donors (Lipinski definition) is 2. The summed E-state index contributed by atoms with van der Waals surface area (Å²) >= 11 is 0. The van der Waals surface area contributed by atoms with Crippen LogP contribution in [0.2, 0.25) is 0 Å². The van der Waals surface area contributed by atoms with Crippen molar-refractivity contribution in [2.75, 3.05) is 13.7 Å². The van der Waals surface area contributed by atoms with Crippen LogP contribution >= 0.6 is 0 Å². The summed E-state index contributed by atoms with van der Waals surface area (Å²) in [5, 5.41) is 21.3. The van der Waals surface area contributed by atoms with Gasteiger partial charge in [0.25, 0.3) is 0 Å². The third-order valence-electron chi connectivity index (χ3n) is 10.6. The zero-order valence-electron chi connectivity index (χ0n) is 21.0. The summed E-state index contributed by atoms with van der Waals surface area (Å²) in [6.45, 7) is 12.0. The number of aliphatic hydroxyl groups is 2. The Hall–Kier alpha value is -0.380. The third-order valence-corrected chi connectivity index (χ3v) is 10.6. The summed E-state index contributed by atoms with van der Waals surface area (Å²) in [5.74, 6) is 3.94. The molecule has 178 valence electrons. The molecule has 31 heavy (non-hydrogen) atoms. The Balaban J connectivity index is 1.51. The molecule has 0 radical (unpaired) electrons. The Labute approximate surface area is 191 Å². The van der Waals surface area contributed by atoms with Crippen molar-refractivity contribution >= 4 is 0 Å². The van der Waals surface area contributed by atoms with E-state index in [0.29, 0.717) is 17.9 Å². The lowest BCUT2D eigenvalue weighted by Gasteiger charge is -2.59. The summed E-state index contributed by atoms with van der Waals surface area (Å²) in [4.78, 5) is 0. The van der Waals surface area contributed by atoms with E-state index < -0.39 is 11.2 Å². The monoisotopic (exact) mass is 432 g/mol. The topological polar surface area (TPSA) is 49.7 Å². The van der Waals surface area contributed by atoms with Gasteiger partial charge in [-0.25, -0.2) is 0 Å². The molecule has 2 N–H and O–H groups in total. The number of allylic oxidation sites excluding steroid dienone is 1. The Morgan fingerprint density at radius 2 is 1.87 bits per heavy atom. The average Bonchev–Trinajstić information content (AvgIpc) is 3.04. The zero-order chi connectivity index (χ0) is 22.7. The highest BCUT2D eigenvalue weighted by molar-refractivity contribution is 5.27. The Morgan fingerprint density at radius 3 is 2.55 bits per heavy atom. The molecule has 4 rings (SSSR count). The molecule has 3 saturated carbocycles. The quantitative estimate of drug-likeness (QED) is 0.496. The first-order valence-corrected chi connectivity index (χ1v) is 13.1. The maximum atomic E-state index is 11.0. The first-order valence-electron chi connectivity index (χ1n) is 13.1. The standard InChI is InChI=1S/C28H48O3/c1-19(11-13-25(2,3)29)22-9-10-23-21-8-7-20-17-28(30,18-31-6)16-15-26(20,4)24(21)12-14-27(22,23)5/h7,19,21-24,29-30H,8-18H2,1-6H3/t19?,21?,22?,23?,24?,26-,27+,28-/m0/s1. The summed E-state index contributed by atoms with van der Waals surface area (Å²) in [5.41, 5.74) is 1.05. The summed E-state index contributed by atoms with van der Waals surface area (Å²) in [6, 6.07) is 0. The molecule has 0 heterocycles. The maximum absolute atomic E-state index is 11.0. The third kappa shape index (κ3) is 4.17. The SMILES string of the molecule is COC[C@]1(O)CC[C@@]2(C)C(=CCC3C4CCC(C(C)CCC(C)(C)O)[C@@]4(C)CCC32)C1. The molecular weight excluding hydrogens is 384 g/mol. The second kappa shape index (κ2) is 8.13. The van der Waals surface area contributed by atoms with Crippen LogP contribution in [0.1, 0.15) is 98.8 Å². The van der Waals surface area contributed by atoms with E-state index in [9.17, 15) is 10.2 Å². The van der Waals surface area contributed by atoms with Crippen LogP contribution in [0.5, 0.6) is 0 Å². The number of rotatable bonds is 6. The summed E-state index contributed by atoms with van der Waals surface area (Å²) in [7, 11) is 1.71. The molecule has 0 aromatic rings. The fourth-order valence-electron chi connectivity index (χ4n) is 8.86. The molecule has 8 atom stereocenters. The molecule has 4 aliphatic carbocycles. The van der Waals surface area contributed by atoms with E-state index in [1.165, 1.54) is 37.7 Å². The van der Waals surface area contributed by atoms with Crippen molar-refractivity contribution < 1.29 is 14.9 Å². The highest BCUT2D eigenvalue weighted by Crippen LogP contribution is 2.67. The fourth-order valence-corrected chi connectivity index (χ4v) is 8.86. The predicted molar refractivity (Wildman–Crippen MR) is 127 cm³/mol. The molecule has 0 aliphatic heterocycles. The van der Waals surface area contributed by atoms with E-state index in [1.54, 1.807) is 7.11 Å². The minimum Gasteiger partial charge on any atom is -0.390 e. The molecule has 0 bridgehead atoms. The largest absolute Gasteiger partial charge is 0.390 e. The number of fused-ring (bicyclic) bond motifs is 5. The molecule has 5 unspecified atom stereocenters. The second-order valence-corrected chi connectivity index (χ2v) is 13.2. The van der Waals surface area contributed by atoms with Crippen molar-refractivity contribution in [1.29, 1.82) is 0 Å². The summed E-state index contributed by atoms with van der Waals surface area (Å²) < 4.78 is 5.36. The van der Waals surface area contributed by atoms with Gasteiger partial charge in [-0.1, -0.05) is 32.4 Å². The van der Waals surface area contributed by atoms with Crippen molar-refractivity contribution in [3.8, 4) is 0 Å². The first kappa shape index (κ1) is 23.8. The van der Waals surface area contributed by atoms with Gasteiger partial charge in [0.05, 0.1) is 17.8 Å². The molecule has 0 saturated heterocycles. The van der Waals surface area contributed by atoms with Crippen molar-refractivity contribution in [2.45, 2.75) is 110 Å². The molecule has 0 amide bonds. The van der Waals surface area contributed by atoms with Gasteiger partial charge >= 0.3 is 0 Å². The van der Waals surface area contributed by atoms with Crippen molar-refractivity contribution in [3.05, 3.63) is 11.6 Å². The van der Waals surface area contributed by atoms with Crippen LogP contribution < -0.4 is 0 Å². The molecule has 0 aromatic heterocycles. The molecule has 0 spiro atoms. The highest BCUT2D eigenvalue weighted by atomic mass is 16.5. The van der Waals surface area contributed by atoms with E-state index >= 15 is 0 Å². The van der Waals surface area contributed by atoms with Crippen LogP contribution in [0.4, 0.5) is 0 Å². The van der Waals surface area contributed by atoms with E-state index in [-0.39, 0.29) is 5.41 Å². The van der Waals surface area contributed by atoms with E-state index in [0.717, 1.165) is 55.8 Å². The Kier molecular flexibility index (Phi) is 6.24. The molecular formula is C28H48O3. The second-order valence-electron chi connectivity index (χ2n) is 13.2. The average molecular weight is 433 g/mol. The van der Waals surface area contributed by atoms with E-state index in [1.807, 2.05) is 13.8 Å². The predicted octanol–water partition coefficient (Wildman–Crippen LogP) is 6.13. The zero-order valence-corrected chi connectivity index (χ0v) is 21.0. The van der Waals surface area contributed by atoms with Crippen LogP contribution in [0.15, 0.2) is 11.6 Å². The summed E-state index contributed by atoms with van der Waals surface area (Å²) in [6.07, 6.45) is 14.1. The van der Waals surface area contributed by atoms with Crippen molar-refractivity contribution in [1.82, 2.24) is 0 Å². The van der Waals surface area contributed by atoms with Crippen LogP contribution in [-0.2, 0) is 4.74 Å². The molecule has 0 aromatic carbocycles. The van der Waals surface area contributed by atoms with Crippen LogP contribution in [0.3, 0.4) is 0 Å². The lowest BCUT2D eigenvalue weighted by Crippen LogP contribution is -2.53. The molecule has 4 aliphatic rings. The Morgan fingerprint density at radius 1 is 1.13 bits per heavy atom. The van der Waals surface area contributed by atoms with E-state index in [2.05, 4.69) is 26.8 Å². The van der Waals surface area contributed by atoms with Gasteiger partial charge in [-0.2, -0.15) is 0 Å². The lowest BCUT2D eigenvalue weighted by atomic mass is 9.46. The smallest absolute Gasteiger partial charge is 0.0917 e. The van der Waals surface area contributed by atoms with Gasteiger partial charge in [0.1, 0.15) is 0 Å².